The van der Waals surface area contributed by atoms with Crippen LogP contribution < -0.4 is 4.90 Å². The van der Waals surface area contributed by atoms with E-state index in [2.05, 4.69) is 46.1 Å². The molecule has 6 heteroatoms. The molecule has 2 fully saturated rings. The van der Waals surface area contributed by atoms with Crippen LogP contribution in [0.3, 0.4) is 0 Å². The first kappa shape index (κ1) is 17.5. The smallest absolute Gasteiger partial charge is 0.224 e. The number of anilines is 1. The summed E-state index contributed by atoms with van der Waals surface area (Å²) in [7, 11) is 1.97. The minimum absolute atomic E-state index is 0.477. The quantitative estimate of drug-likeness (QED) is 0.844. The van der Waals surface area contributed by atoms with Gasteiger partial charge in [0.15, 0.2) is 5.82 Å². The van der Waals surface area contributed by atoms with Crippen LogP contribution in [0.5, 0.6) is 0 Å². The van der Waals surface area contributed by atoms with Crippen LogP contribution >= 0.6 is 0 Å². The summed E-state index contributed by atoms with van der Waals surface area (Å²) in [5, 5.41) is 4.63. The Balaban J connectivity index is 1.49. The minimum atomic E-state index is 0.477. The highest BCUT2D eigenvalue weighted by molar-refractivity contribution is 5.57. The SMILES string of the molecule is C[C@H](c1ccc(-c2nc(N3CCOCC3)n(C)n2)cc1)N1CCCCC1. The molecule has 0 spiro atoms. The second-order valence-electron chi connectivity index (χ2n) is 7.35. The van der Waals surface area contributed by atoms with E-state index in [0.29, 0.717) is 6.04 Å². The van der Waals surface area contributed by atoms with Gasteiger partial charge in [-0.1, -0.05) is 30.7 Å². The number of likely N-dealkylation sites (tertiary alicyclic amines) is 1. The summed E-state index contributed by atoms with van der Waals surface area (Å²) in [6, 6.07) is 9.27. The van der Waals surface area contributed by atoms with Crippen LogP contribution in [0.2, 0.25) is 0 Å². The lowest BCUT2D eigenvalue weighted by Gasteiger charge is -2.32. The number of ether oxygens (including phenoxy) is 1. The third-order valence-electron chi connectivity index (χ3n) is 5.62. The van der Waals surface area contributed by atoms with E-state index in [4.69, 9.17) is 9.72 Å². The van der Waals surface area contributed by atoms with Crippen molar-refractivity contribution in [3.8, 4) is 11.4 Å². The minimum Gasteiger partial charge on any atom is -0.378 e. The van der Waals surface area contributed by atoms with Crippen molar-refractivity contribution in [1.82, 2.24) is 19.7 Å². The van der Waals surface area contributed by atoms with Gasteiger partial charge in [0.25, 0.3) is 0 Å². The van der Waals surface area contributed by atoms with E-state index >= 15 is 0 Å². The van der Waals surface area contributed by atoms with Crippen molar-refractivity contribution in [2.24, 2.45) is 7.05 Å². The van der Waals surface area contributed by atoms with Gasteiger partial charge in [-0.2, -0.15) is 4.98 Å². The summed E-state index contributed by atoms with van der Waals surface area (Å²) >= 11 is 0. The normalized spacial score (nSPS) is 20.3. The Morgan fingerprint density at radius 2 is 1.65 bits per heavy atom. The molecule has 2 aliphatic rings. The molecule has 2 saturated heterocycles. The van der Waals surface area contributed by atoms with E-state index in [9.17, 15) is 0 Å². The monoisotopic (exact) mass is 355 g/mol. The predicted molar refractivity (Wildman–Crippen MR) is 103 cm³/mol. The first-order valence-electron chi connectivity index (χ1n) is 9.80. The van der Waals surface area contributed by atoms with E-state index in [1.165, 1.54) is 37.9 Å². The Bertz CT molecular complexity index is 714. The molecule has 1 aromatic carbocycles. The molecule has 0 saturated carbocycles. The van der Waals surface area contributed by atoms with Crippen molar-refractivity contribution >= 4 is 5.95 Å². The molecule has 140 valence electrons. The maximum absolute atomic E-state index is 5.43. The highest BCUT2D eigenvalue weighted by atomic mass is 16.5. The van der Waals surface area contributed by atoms with Gasteiger partial charge in [-0.25, -0.2) is 4.68 Å². The maximum atomic E-state index is 5.43. The molecule has 0 radical (unpaired) electrons. The van der Waals surface area contributed by atoms with Crippen LogP contribution in [-0.2, 0) is 11.8 Å². The highest BCUT2D eigenvalue weighted by Crippen LogP contribution is 2.26. The molecule has 0 unspecified atom stereocenters. The van der Waals surface area contributed by atoms with Gasteiger partial charge >= 0.3 is 0 Å². The van der Waals surface area contributed by atoms with Crippen LogP contribution in [0.15, 0.2) is 24.3 Å². The number of hydrogen-bond donors (Lipinski definition) is 0. The van der Waals surface area contributed by atoms with E-state index in [1.807, 2.05) is 11.7 Å². The topological polar surface area (TPSA) is 46.4 Å². The Morgan fingerprint density at radius 1 is 0.962 bits per heavy atom. The summed E-state index contributed by atoms with van der Waals surface area (Å²) in [6.45, 7) is 8.00. The molecule has 6 nitrogen and oxygen atoms in total. The fraction of sp³-hybridized carbons (Fsp3) is 0.600. The van der Waals surface area contributed by atoms with Crippen LogP contribution in [0.25, 0.3) is 11.4 Å². The zero-order chi connectivity index (χ0) is 17.9. The molecule has 0 bridgehead atoms. The van der Waals surface area contributed by atoms with Crippen molar-refractivity contribution in [2.45, 2.75) is 32.2 Å². The zero-order valence-electron chi connectivity index (χ0n) is 15.9. The lowest BCUT2D eigenvalue weighted by atomic mass is 10.0. The lowest BCUT2D eigenvalue weighted by molar-refractivity contribution is 0.121. The van der Waals surface area contributed by atoms with Crippen molar-refractivity contribution in [3.05, 3.63) is 29.8 Å². The van der Waals surface area contributed by atoms with E-state index < -0.39 is 0 Å². The highest BCUT2D eigenvalue weighted by Gasteiger charge is 2.20. The van der Waals surface area contributed by atoms with Crippen molar-refractivity contribution in [2.75, 3.05) is 44.3 Å². The van der Waals surface area contributed by atoms with Gasteiger partial charge in [0.1, 0.15) is 0 Å². The summed E-state index contributed by atoms with van der Waals surface area (Å²) < 4.78 is 7.31. The average Bonchev–Trinajstić information content (AvgIpc) is 3.10. The molecule has 0 amide bonds. The molecule has 2 aliphatic heterocycles. The average molecular weight is 355 g/mol. The number of piperidine rings is 1. The second kappa shape index (κ2) is 7.76. The van der Waals surface area contributed by atoms with Crippen LogP contribution in [0.1, 0.15) is 37.8 Å². The summed E-state index contributed by atoms with van der Waals surface area (Å²) in [6.07, 6.45) is 4.02. The number of morpholine rings is 1. The molecule has 2 aromatic rings. The fourth-order valence-electron chi connectivity index (χ4n) is 3.96. The predicted octanol–water partition coefficient (Wildman–Crippen LogP) is 2.87. The van der Waals surface area contributed by atoms with E-state index in [-0.39, 0.29) is 0 Å². The number of aryl methyl sites for hydroxylation is 1. The number of benzene rings is 1. The molecule has 0 N–H and O–H groups in total. The number of rotatable bonds is 4. The Kier molecular flexibility index (Phi) is 5.22. The molecule has 1 atom stereocenters. The van der Waals surface area contributed by atoms with Gasteiger partial charge in [-0.05, 0) is 38.4 Å². The molecular formula is C20H29N5O. The second-order valence-corrected chi connectivity index (χ2v) is 7.35. The number of aromatic nitrogens is 3. The van der Waals surface area contributed by atoms with Gasteiger partial charge in [0, 0.05) is 31.7 Å². The van der Waals surface area contributed by atoms with Crippen molar-refractivity contribution in [3.63, 3.8) is 0 Å². The number of nitrogens with zero attached hydrogens (tertiary/aromatic N) is 5. The van der Waals surface area contributed by atoms with E-state index in [1.54, 1.807) is 0 Å². The van der Waals surface area contributed by atoms with Crippen molar-refractivity contribution in [1.29, 1.82) is 0 Å². The van der Waals surface area contributed by atoms with Crippen molar-refractivity contribution < 1.29 is 4.74 Å². The Hall–Kier alpha value is -1.92. The standard InChI is InChI=1S/C20H29N5O/c1-16(24-10-4-3-5-11-24)17-6-8-18(9-7-17)19-21-20(23(2)22-19)25-12-14-26-15-13-25/h6-9,16H,3-5,10-15H2,1-2H3/t16-/m1/s1. The van der Waals surface area contributed by atoms with Gasteiger partial charge in [-0.3, -0.25) is 4.90 Å². The van der Waals surface area contributed by atoms with Gasteiger partial charge in [0.05, 0.1) is 13.2 Å². The molecule has 0 aliphatic carbocycles. The van der Waals surface area contributed by atoms with Crippen LogP contribution in [-0.4, -0.2) is 59.1 Å². The zero-order valence-corrected chi connectivity index (χ0v) is 15.9. The Labute approximate surface area is 155 Å². The summed E-state index contributed by atoms with van der Waals surface area (Å²) in [4.78, 5) is 9.61. The van der Waals surface area contributed by atoms with Gasteiger partial charge in [0.2, 0.25) is 5.95 Å². The molecule has 26 heavy (non-hydrogen) atoms. The first-order chi connectivity index (χ1) is 12.7. The largest absolute Gasteiger partial charge is 0.378 e. The molecular weight excluding hydrogens is 326 g/mol. The van der Waals surface area contributed by atoms with Crippen LogP contribution in [0.4, 0.5) is 5.95 Å². The molecule has 1 aromatic heterocycles. The molecule has 4 rings (SSSR count). The van der Waals surface area contributed by atoms with Crippen LogP contribution in [0, 0.1) is 0 Å². The van der Waals surface area contributed by atoms with E-state index in [0.717, 1.165) is 43.6 Å². The summed E-state index contributed by atoms with van der Waals surface area (Å²) in [5.74, 6) is 1.72. The Morgan fingerprint density at radius 3 is 2.35 bits per heavy atom. The third kappa shape index (κ3) is 3.62. The number of hydrogen-bond acceptors (Lipinski definition) is 5. The summed E-state index contributed by atoms with van der Waals surface area (Å²) in [5.41, 5.74) is 2.45. The third-order valence-corrected chi connectivity index (χ3v) is 5.62. The maximum Gasteiger partial charge on any atom is 0.224 e. The lowest BCUT2D eigenvalue weighted by Crippen LogP contribution is -2.37. The fourth-order valence-corrected chi connectivity index (χ4v) is 3.96. The molecule has 3 heterocycles. The van der Waals surface area contributed by atoms with Gasteiger partial charge in [-0.15, -0.1) is 5.10 Å². The van der Waals surface area contributed by atoms with Gasteiger partial charge < -0.3 is 9.64 Å². The first-order valence-corrected chi connectivity index (χ1v) is 9.80.